The minimum atomic E-state index is 0.130. The molecule has 1 atom stereocenters. The van der Waals surface area contributed by atoms with Gasteiger partial charge < -0.3 is 10.6 Å². The highest BCUT2D eigenvalue weighted by Gasteiger charge is 2.09. The Morgan fingerprint density at radius 2 is 1.92 bits per heavy atom. The second-order valence-corrected chi connectivity index (χ2v) is 3.45. The van der Waals surface area contributed by atoms with Gasteiger partial charge in [0, 0.05) is 19.0 Å². The van der Waals surface area contributed by atoms with Crippen molar-refractivity contribution in [2.75, 3.05) is 13.6 Å². The van der Waals surface area contributed by atoms with Gasteiger partial charge in [0.25, 0.3) is 0 Å². The number of rotatable bonds is 5. The summed E-state index contributed by atoms with van der Waals surface area (Å²) in [7, 11) is 1.85. The summed E-state index contributed by atoms with van der Waals surface area (Å²) in [6.45, 7) is 6.98. The zero-order valence-electron chi connectivity index (χ0n) is 8.48. The quantitative estimate of drug-likeness (QED) is 0.642. The van der Waals surface area contributed by atoms with E-state index >= 15 is 0 Å². The van der Waals surface area contributed by atoms with Crippen LogP contribution in [0.5, 0.6) is 0 Å². The molecule has 0 aromatic carbocycles. The molecule has 0 radical (unpaired) electrons. The summed E-state index contributed by atoms with van der Waals surface area (Å²) in [4.78, 5) is 11.2. The average Bonchev–Trinajstić information content (AvgIpc) is 2.00. The van der Waals surface area contributed by atoms with Crippen LogP contribution in [0, 0.1) is 5.92 Å². The molecule has 0 aliphatic rings. The lowest BCUT2D eigenvalue weighted by Gasteiger charge is -2.17. The van der Waals surface area contributed by atoms with Gasteiger partial charge in [-0.2, -0.15) is 0 Å². The maximum absolute atomic E-state index is 11.2. The number of hydrogen-bond acceptors (Lipinski definition) is 2. The number of nitrogens with one attached hydrogen (secondary N) is 2. The maximum atomic E-state index is 11.2. The van der Waals surface area contributed by atoms with E-state index in [9.17, 15) is 4.79 Å². The normalized spacial score (nSPS) is 13.1. The Kier molecular flexibility index (Phi) is 5.72. The number of amides is 1. The number of hydrogen-bond donors (Lipinski definition) is 2. The first kappa shape index (κ1) is 11.4. The minimum absolute atomic E-state index is 0.130. The predicted octanol–water partition coefficient (Wildman–Crippen LogP) is 0.757. The Labute approximate surface area is 74.9 Å². The molecule has 0 aliphatic carbocycles. The molecule has 0 rings (SSSR count). The molecule has 1 amide bonds. The van der Waals surface area contributed by atoms with Crippen molar-refractivity contribution in [3.05, 3.63) is 0 Å². The predicted molar refractivity (Wildman–Crippen MR) is 51.0 cm³/mol. The summed E-state index contributed by atoms with van der Waals surface area (Å²) in [6.07, 6.45) is 0.563. The van der Waals surface area contributed by atoms with Gasteiger partial charge in [0.15, 0.2) is 0 Å². The molecule has 0 saturated heterocycles. The van der Waals surface area contributed by atoms with Crippen molar-refractivity contribution >= 4 is 5.91 Å². The SMILES string of the molecule is CNCCC(=O)NC(C)C(C)C. The molecule has 1 unspecified atom stereocenters. The van der Waals surface area contributed by atoms with E-state index in [1.807, 2.05) is 14.0 Å². The first-order valence-electron chi connectivity index (χ1n) is 4.52. The summed E-state index contributed by atoms with van der Waals surface area (Å²) in [5, 5.41) is 5.88. The third-order valence-electron chi connectivity index (χ3n) is 1.99. The molecule has 0 aromatic heterocycles. The minimum Gasteiger partial charge on any atom is -0.353 e. The summed E-state index contributed by atoms with van der Waals surface area (Å²) in [5.41, 5.74) is 0. The molecule has 2 N–H and O–H groups in total. The molecule has 0 bridgehead atoms. The Bertz CT molecular complexity index is 134. The second kappa shape index (κ2) is 6.00. The van der Waals surface area contributed by atoms with Crippen LogP contribution in [0.25, 0.3) is 0 Å². The van der Waals surface area contributed by atoms with Crippen LogP contribution in [0.15, 0.2) is 0 Å². The molecule has 0 aliphatic heterocycles. The second-order valence-electron chi connectivity index (χ2n) is 3.45. The van der Waals surface area contributed by atoms with Gasteiger partial charge in [-0.3, -0.25) is 4.79 Å². The van der Waals surface area contributed by atoms with E-state index in [0.717, 1.165) is 6.54 Å². The molecule has 72 valence electrons. The van der Waals surface area contributed by atoms with Gasteiger partial charge in [-0.25, -0.2) is 0 Å². The van der Waals surface area contributed by atoms with Gasteiger partial charge in [0.05, 0.1) is 0 Å². The smallest absolute Gasteiger partial charge is 0.221 e. The van der Waals surface area contributed by atoms with Crippen LogP contribution in [0.4, 0.5) is 0 Å². The summed E-state index contributed by atoms with van der Waals surface area (Å²) in [6, 6.07) is 0.273. The van der Waals surface area contributed by atoms with E-state index in [1.54, 1.807) is 0 Å². The maximum Gasteiger partial charge on any atom is 0.221 e. The number of carbonyl (C=O) groups excluding carboxylic acids is 1. The summed E-state index contributed by atoms with van der Waals surface area (Å²) < 4.78 is 0. The lowest BCUT2D eigenvalue weighted by Crippen LogP contribution is -2.37. The van der Waals surface area contributed by atoms with Crippen molar-refractivity contribution in [2.24, 2.45) is 5.92 Å². The third-order valence-corrected chi connectivity index (χ3v) is 1.99. The molecule has 3 heteroatoms. The zero-order chi connectivity index (χ0) is 9.56. The van der Waals surface area contributed by atoms with Crippen LogP contribution in [0.1, 0.15) is 27.2 Å². The molecule has 3 nitrogen and oxygen atoms in total. The van der Waals surface area contributed by atoms with Crippen LogP contribution in [-0.2, 0) is 4.79 Å². The largest absolute Gasteiger partial charge is 0.353 e. The highest BCUT2D eigenvalue weighted by atomic mass is 16.1. The molecule has 0 aromatic rings. The zero-order valence-corrected chi connectivity index (χ0v) is 8.48. The van der Waals surface area contributed by atoms with Crippen molar-refractivity contribution in [1.29, 1.82) is 0 Å². The van der Waals surface area contributed by atoms with E-state index < -0.39 is 0 Å². The van der Waals surface area contributed by atoms with Gasteiger partial charge in [0.2, 0.25) is 5.91 Å². The monoisotopic (exact) mass is 172 g/mol. The molecular formula is C9H20N2O. The molecule has 12 heavy (non-hydrogen) atoms. The van der Waals surface area contributed by atoms with Crippen molar-refractivity contribution in [3.63, 3.8) is 0 Å². The van der Waals surface area contributed by atoms with Gasteiger partial charge in [0.1, 0.15) is 0 Å². The molecule has 0 saturated carbocycles. The Balaban J connectivity index is 3.54. The van der Waals surface area contributed by atoms with Gasteiger partial charge >= 0.3 is 0 Å². The van der Waals surface area contributed by atoms with Gasteiger partial charge in [-0.15, -0.1) is 0 Å². The van der Waals surface area contributed by atoms with E-state index in [1.165, 1.54) is 0 Å². The first-order valence-corrected chi connectivity index (χ1v) is 4.52. The highest BCUT2D eigenvalue weighted by Crippen LogP contribution is 1.99. The highest BCUT2D eigenvalue weighted by molar-refractivity contribution is 5.76. The van der Waals surface area contributed by atoms with Crippen LogP contribution in [-0.4, -0.2) is 25.5 Å². The van der Waals surface area contributed by atoms with Gasteiger partial charge in [-0.1, -0.05) is 13.8 Å². The lowest BCUT2D eigenvalue weighted by atomic mass is 10.1. The van der Waals surface area contributed by atoms with E-state index in [-0.39, 0.29) is 11.9 Å². The lowest BCUT2D eigenvalue weighted by molar-refractivity contribution is -0.121. The Morgan fingerprint density at radius 1 is 1.33 bits per heavy atom. The van der Waals surface area contributed by atoms with E-state index in [0.29, 0.717) is 12.3 Å². The third kappa shape index (κ3) is 5.13. The summed E-state index contributed by atoms with van der Waals surface area (Å²) in [5.74, 6) is 0.633. The summed E-state index contributed by atoms with van der Waals surface area (Å²) >= 11 is 0. The fraction of sp³-hybridized carbons (Fsp3) is 0.889. The molecule has 0 heterocycles. The Morgan fingerprint density at radius 3 is 2.33 bits per heavy atom. The van der Waals surface area contributed by atoms with Crippen LogP contribution in [0.3, 0.4) is 0 Å². The fourth-order valence-electron chi connectivity index (χ4n) is 0.731. The fourth-order valence-corrected chi connectivity index (χ4v) is 0.731. The average molecular weight is 172 g/mol. The van der Waals surface area contributed by atoms with Crippen molar-refractivity contribution in [3.8, 4) is 0 Å². The van der Waals surface area contributed by atoms with Crippen LogP contribution < -0.4 is 10.6 Å². The standard InChI is InChI=1S/C9H20N2O/c1-7(2)8(3)11-9(12)5-6-10-4/h7-8,10H,5-6H2,1-4H3,(H,11,12). The first-order chi connectivity index (χ1) is 5.57. The van der Waals surface area contributed by atoms with Crippen LogP contribution in [0.2, 0.25) is 0 Å². The molecule has 0 fully saturated rings. The van der Waals surface area contributed by atoms with Crippen molar-refractivity contribution in [2.45, 2.75) is 33.2 Å². The van der Waals surface area contributed by atoms with Crippen LogP contribution >= 0.6 is 0 Å². The van der Waals surface area contributed by atoms with Crippen molar-refractivity contribution < 1.29 is 4.79 Å². The Hall–Kier alpha value is -0.570. The van der Waals surface area contributed by atoms with Gasteiger partial charge in [-0.05, 0) is 19.9 Å². The number of carbonyl (C=O) groups is 1. The van der Waals surface area contributed by atoms with Crippen molar-refractivity contribution in [1.82, 2.24) is 10.6 Å². The molecular weight excluding hydrogens is 152 g/mol. The van der Waals surface area contributed by atoms with E-state index in [2.05, 4.69) is 24.5 Å². The van der Waals surface area contributed by atoms with E-state index in [4.69, 9.17) is 0 Å². The molecule has 0 spiro atoms. The topological polar surface area (TPSA) is 41.1 Å².